The number of carbonyl (C=O) groups is 1. The van der Waals surface area contributed by atoms with E-state index in [0.29, 0.717) is 12.3 Å². The van der Waals surface area contributed by atoms with Gasteiger partial charge in [-0.15, -0.1) is 0 Å². The van der Waals surface area contributed by atoms with Crippen molar-refractivity contribution >= 4 is 11.6 Å². The lowest BCUT2D eigenvalue weighted by molar-refractivity contribution is -0.384. The molecular formula is C21H24N2O5. The van der Waals surface area contributed by atoms with Crippen LogP contribution in [0.5, 0.6) is 11.5 Å². The van der Waals surface area contributed by atoms with Crippen LogP contribution in [0.2, 0.25) is 0 Å². The van der Waals surface area contributed by atoms with Gasteiger partial charge in [0.15, 0.2) is 18.1 Å². The highest BCUT2D eigenvalue weighted by Crippen LogP contribution is 2.40. The third kappa shape index (κ3) is 4.42. The highest BCUT2D eigenvalue weighted by atomic mass is 16.6. The van der Waals surface area contributed by atoms with Gasteiger partial charge in [-0.2, -0.15) is 0 Å². The molecule has 7 heteroatoms. The Morgan fingerprint density at radius 3 is 2.50 bits per heavy atom. The first-order valence-corrected chi connectivity index (χ1v) is 9.31. The topological polar surface area (TPSA) is 90.7 Å². The number of nitro benzene ring substituents is 1. The van der Waals surface area contributed by atoms with Gasteiger partial charge in [-0.1, -0.05) is 43.2 Å². The standard InChI is InChI=1S/C21H24N2O5/c1-27-19-13-17(23(25)26)9-10-18(19)28-14-20(24)22-15-21(11-5-6-12-21)16-7-3-2-4-8-16/h2-4,7-10,13H,5-6,11-12,14-15H2,1H3,(H,22,24). The minimum absolute atomic E-state index is 0.0258. The van der Waals surface area contributed by atoms with Crippen molar-refractivity contribution in [2.75, 3.05) is 20.3 Å². The molecule has 1 amide bonds. The molecular weight excluding hydrogens is 360 g/mol. The van der Waals surface area contributed by atoms with Crippen LogP contribution in [0.25, 0.3) is 0 Å². The van der Waals surface area contributed by atoms with Crippen LogP contribution in [-0.2, 0) is 10.2 Å². The first kappa shape index (κ1) is 19.7. The van der Waals surface area contributed by atoms with E-state index in [1.54, 1.807) is 0 Å². The van der Waals surface area contributed by atoms with E-state index in [4.69, 9.17) is 9.47 Å². The number of non-ortho nitro benzene ring substituents is 1. The third-order valence-corrected chi connectivity index (χ3v) is 5.29. The van der Waals surface area contributed by atoms with E-state index in [1.165, 1.54) is 30.9 Å². The number of nitrogens with one attached hydrogen (secondary N) is 1. The summed E-state index contributed by atoms with van der Waals surface area (Å²) in [5, 5.41) is 13.8. The van der Waals surface area contributed by atoms with E-state index in [2.05, 4.69) is 17.4 Å². The van der Waals surface area contributed by atoms with E-state index >= 15 is 0 Å². The summed E-state index contributed by atoms with van der Waals surface area (Å²) in [6.07, 6.45) is 4.41. The first-order chi connectivity index (χ1) is 13.5. The molecule has 1 aliphatic rings. The van der Waals surface area contributed by atoms with Crippen molar-refractivity contribution in [3.63, 3.8) is 0 Å². The zero-order valence-electron chi connectivity index (χ0n) is 15.8. The smallest absolute Gasteiger partial charge is 0.273 e. The maximum atomic E-state index is 12.3. The summed E-state index contributed by atoms with van der Waals surface area (Å²) < 4.78 is 10.6. The molecule has 1 aliphatic carbocycles. The number of nitrogens with zero attached hydrogens (tertiary/aromatic N) is 1. The number of nitro groups is 1. The maximum Gasteiger partial charge on any atom is 0.273 e. The van der Waals surface area contributed by atoms with Gasteiger partial charge in [-0.05, 0) is 24.5 Å². The fourth-order valence-corrected chi connectivity index (χ4v) is 3.76. The van der Waals surface area contributed by atoms with Crippen LogP contribution in [-0.4, -0.2) is 31.1 Å². The number of rotatable bonds is 8. The van der Waals surface area contributed by atoms with Crippen LogP contribution in [0.3, 0.4) is 0 Å². The van der Waals surface area contributed by atoms with Crippen molar-refractivity contribution < 1.29 is 19.2 Å². The van der Waals surface area contributed by atoms with Crippen molar-refractivity contribution in [3.05, 3.63) is 64.2 Å². The van der Waals surface area contributed by atoms with Gasteiger partial charge in [0, 0.05) is 18.0 Å². The van der Waals surface area contributed by atoms with E-state index in [1.807, 2.05) is 18.2 Å². The highest BCUT2D eigenvalue weighted by molar-refractivity contribution is 5.77. The lowest BCUT2D eigenvalue weighted by Gasteiger charge is -2.30. The second kappa shape index (κ2) is 8.73. The average Bonchev–Trinajstić information content (AvgIpc) is 3.21. The number of amides is 1. The number of hydrogen-bond acceptors (Lipinski definition) is 5. The van der Waals surface area contributed by atoms with Gasteiger partial charge in [0.05, 0.1) is 18.1 Å². The number of methoxy groups -OCH3 is 1. The minimum Gasteiger partial charge on any atom is -0.493 e. The zero-order valence-corrected chi connectivity index (χ0v) is 15.8. The molecule has 7 nitrogen and oxygen atoms in total. The van der Waals surface area contributed by atoms with Gasteiger partial charge >= 0.3 is 0 Å². The SMILES string of the molecule is COc1cc([N+](=O)[O-])ccc1OCC(=O)NCC1(c2ccccc2)CCCC1. The molecule has 0 spiro atoms. The van der Waals surface area contributed by atoms with Crippen LogP contribution in [0, 0.1) is 10.1 Å². The molecule has 1 saturated carbocycles. The van der Waals surface area contributed by atoms with Crippen molar-refractivity contribution in [1.82, 2.24) is 5.32 Å². The van der Waals surface area contributed by atoms with E-state index in [0.717, 1.165) is 25.7 Å². The summed E-state index contributed by atoms with van der Waals surface area (Å²) in [5.41, 5.74) is 1.13. The summed E-state index contributed by atoms with van der Waals surface area (Å²) in [6.45, 7) is 0.385. The lowest BCUT2D eigenvalue weighted by Crippen LogP contribution is -2.40. The highest BCUT2D eigenvalue weighted by Gasteiger charge is 2.35. The van der Waals surface area contributed by atoms with Crippen molar-refractivity contribution in [3.8, 4) is 11.5 Å². The van der Waals surface area contributed by atoms with E-state index in [-0.39, 0.29) is 29.4 Å². The van der Waals surface area contributed by atoms with Gasteiger partial charge in [-0.25, -0.2) is 0 Å². The largest absolute Gasteiger partial charge is 0.493 e. The Kier molecular flexibility index (Phi) is 6.13. The Labute approximate surface area is 163 Å². The average molecular weight is 384 g/mol. The molecule has 0 aromatic heterocycles. The predicted molar refractivity (Wildman–Crippen MR) is 105 cm³/mol. The van der Waals surface area contributed by atoms with E-state index in [9.17, 15) is 14.9 Å². The first-order valence-electron chi connectivity index (χ1n) is 9.31. The molecule has 28 heavy (non-hydrogen) atoms. The summed E-state index contributed by atoms with van der Waals surface area (Å²) in [7, 11) is 1.40. The summed E-state index contributed by atoms with van der Waals surface area (Å²) in [4.78, 5) is 22.7. The number of ether oxygens (including phenoxy) is 2. The Balaban J connectivity index is 1.59. The molecule has 2 aromatic rings. The number of benzene rings is 2. The van der Waals surface area contributed by atoms with Gasteiger partial charge in [0.2, 0.25) is 0 Å². The zero-order chi connectivity index (χ0) is 20.0. The molecule has 1 N–H and O–H groups in total. The Bertz CT molecular complexity index is 832. The molecule has 0 saturated heterocycles. The maximum absolute atomic E-state index is 12.3. The third-order valence-electron chi connectivity index (χ3n) is 5.29. The fourth-order valence-electron chi connectivity index (χ4n) is 3.76. The molecule has 1 fully saturated rings. The molecule has 0 radical (unpaired) electrons. The van der Waals surface area contributed by atoms with Gasteiger partial charge in [0.25, 0.3) is 11.6 Å². The normalized spacial score (nSPS) is 15.0. The number of carbonyl (C=O) groups excluding carboxylic acids is 1. The van der Waals surface area contributed by atoms with E-state index < -0.39 is 4.92 Å². The second-order valence-corrected chi connectivity index (χ2v) is 7.01. The van der Waals surface area contributed by atoms with Crippen LogP contribution in [0.1, 0.15) is 31.2 Å². The summed E-state index contributed by atoms with van der Waals surface area (Å²) in [6, 6.07) is 14.3. The number of hydrogen-bond donors (Lipinski definition) is 1. The quantitative estimate of drug-likeness (QED) is 0.555. The van der Waals surface area contributed by atoms with Gasteiger partial charge < -0.3 is 14.8 Å². The summed E-state index contributed by atoms with van der Waals surface area (Å²) >= 11 is 0. The Morgan fingerprint density at radius 2 is 1.86 bits per heavy atom. The van der Waals surface area contributed by atoms with Crippen LogP contribution < -0.4 is 14.8 Å². The molecule has 0 bridgehead atoms. The van der Waals surface area contributed by atoms with Crippen LogP contribution in [0.4, 0.5) is 5.69 Å². The van der Waals surface area contributed by atoms with Gasteiger partial charge in [0.1, 0.15) is 0 Å². The fraction of sp³-hybridized carbons (Fsp3) is 0.381. The van der Waals surface area contributed by atoms with Crippen LogP contribution in [0.15, 0.2) is 48.5 Å². The van der Waals surface area contributed by atoms with Crippen molar-refractivity contribution in [2.24, 2.45) is 0 Å². The molecule has 0 aliphatic heterocycles. The lowest BCUT2D eigenvalue weighted by atomic mass is 9.79. The molecule has 3 rings (SSSR count). The van der Waals surface area contributed by atoms with Crippen LogP contribution >= 0.6 is 0 Å². The monoisotopic (exact) mass is 384 g/mol. The molecule has 0 atom stereocenters. The minimum atomic E-state index is -0.510. The summed E-state index contributed by atoms with van der Waals surface area (Å²) in [5.74, 6) is 0.281. The molecule has 148 valence electrons. The van der Waals surface area contributed by atoms with Crippen molar-refractivity contribution in [2.45, 2.75) is 31.1 Å². The molecule has 2 aromatic carbocycles. The molecule has 0 heterocycles. The van der Waals surface area contributed by atoms with Gasteiger partial charge in [-0.3, -0.25) is 14.9 Å². The predicted octanol–water partition coefficient (Wildman–Crippen LogP) is 3.61. The molecule has 0 unspecified atom stereocenters. The Morgan fingerprint density at radius 1 is 1.14 bits per heavy atom. The van der Waals surface area contributed by atoms with Crippen molar-refractivity contribution in [1.29, 1.82) is 0 Å². The second-order valence-electron chi connectivity index (χ2n) is 7.01. The Hall–Kier alpha value is -3.09.